The van der Waals surface area contributed by atoms with Crippen LogP contribution in [0, 0.1) is 0 Å². The molecule has 0 atom stereocenters. The highest BCUT2D eigenvalue weighted by atomic mass is 79.9. The Bertz CT molecular complexity index is 1100. The van der Waals surface area contributed by atoms with Gasteiger partial charge in [-0.2, -0.15) is 0 Å². The van der Waals surface area contributed by atoms with E-state index in [0.29, 0.717) is 43.8 Å². The number of hydrogen-bond donors (Lipinski definition) is 2. The lowest BCUT2D eigenvalue weighted by atomic mass is 10.1. The maximum atomic E-state index is 11.3. The number of aromatic carboxylic acids is 1. The van der Waals surface area contributed by atoms with Crippen molar-refractivity contribution >= 4 is 62.4 Å². The van der Waals surface area contributed by atoms with E-state index in [2.05, 4.69) is 21.2 Å². The molecule has 0 aliphatic rings. The normalized spacial score (nSPS) is 10.6. The number of halogens is 4. The van der Waals surface area contributed by atoms with Crippen LogP contribution in [0.3, 0.4) is 0 Å². The molecule has 3 aromatic rings. The van der Waals surface area contributed by atoms with Crippen molar-refractivity contribution in [1.29, 1.82) is 0 Å². The summed E-state index contributed by atoms with van der Waals surface area (Å²) in [6.45, 7) is 0.597. The minimum Gasteiger partial charge on any atom is -0.493 e. The number of anilines is 1. The van der Waals surface area contributed by atoms with Crippen LogP contribution in [0.1, 0.15) is 21.5 Å². The number of hydrogen-bond acceptors (Lipinski definition) is 4. The summed E-state index contributed by atoms with van der Waals surface area (Å²) < 4.78 is 12.1. The lowest BCUT2D eigenvalue weighted by Crippen LogP contribution is -2.04. The van der Waals surface area contributed by atoms with E-state index in [4.69, 9.17) is 44.3 Å². The highest BCUT2D eigenvalue weighted by molar-refractivity contribution is 9.10. The minimum atomic E-state index is -1.09. The molecule has 0 fully saturated rings. The Labute approximate surface area is 203 Å². The van der Waals surface area contributed by atoms with E-state index in [9.17, 15) is 9.90 Å². The molecule has 162 valence electrons. The number of benzene rings is 3. The van der Waals surface area contributed by atoms with Crippen molar-refractivity contribution in [3.05, 3.63) is 84.8 Å². The van der Waals surface area contributed by atoms with E-state index in [0.717, 1.165) is 5.56 Å². The third-order valence-electron chi connectivity index (χ3n) is 4.41. The largest absolute Gasteiger partial charge is 0.493 e. The van der Waals surface area contributed by atoms with Crippen molar-refractivity contribution in [1.82, 2.24) is 0 Å². The summed E-state index contributed by atoms with van der Waals surface area (Å²) in [5, 5.41) is 13.6. The average molecular weight is 546 g/mol. The minimum absolute atomic E-state index is 0.0346. The molecule has 0 aliphatic carbocycles. The summed E-state index contributed by atoms with van der Waals surface area (Å²) in [6.07, 6.45) is 0. The molecule has 0 aromatic heterocycles. The van der Waals surface area contributed by atoms with Crippen molar-refractivity contribution in [3.63, 3.8) is 0 Å². The van der Waals surface area contributed by atoms with Crippen molar-refractivity contribution in [3.8, 4) is 11.5 Å². The average Bonchev–Trinajstić information content (AvgIpc) is 2.73. The Kier molecular flexibility index (Phi) is 7.94. The molecule has 0 bridgehead atoms. The summed E-state index contributed by atoms with van der Waals surface area (Å²) in [4.78, 5) is 11.3. The van der Waals surface area contributed by atoms with Crippen molar-refractivity contribution in [2.75, 3.05) is 12.4 Å². The summed E-state index contributed by atoms with van der Waals surface area (Å²) >= 11 is 21.9. The number of carbonyl (C=O) groups is 1. The lowest BCUT2D eigenvalue weighted by Gasteiger charge is -2.16. The van der Waals surface area contributed by atoms with Gasteiger partial charge in [0, 0.05) is 27.8 Å². The molecule has 9 heteroatoms. The Morgan fingerprint density at radius 2 is 1.77 bits per heavy atom. The highest BCUT2D eigenvalue weighted by Gasteiger charge is 2.15. The van der Waals surface area contributed by atoms with Crippen molar-refractivity contribution in [2.24, 2.45) is 0 Å². The van der Waals surface area contributed by atoms with E-state index in [-0.39, 0.29) is 17.2 Å². The summed E-state index contributed by atoms with van der Waals surface area (Å²) in [6, 6.07) is 13.7. The molecule has 31 heavy (non-hydrogen) atoms. The quantitative estimate of drug-likeness (QED) is 0.311. The number of carboxylic acid groups (broad SMARTS) is 1. The first-order chi connectivity index (χ1) is 14.8. The Hall–Kier alpha value is -2.12. The van der Waals surface area contributed by atoms with Gasteiger partial charge in [0.25, 0.3) is 0 Å². The molecule has 0 saturated carbocycles. The van der Waals surface area contributed by atoms with Crippen LogP contribution in [0.2, 0.25) is 15.1 Å². The van der Waals surface area contributed by atoms with E-state index >= 15 is 0 Å². The Balaban J connectivity index is 1.76. The number of methoxy groups -OCH3 is 1. The fourth-order valence-corrected chi connectivity index (χ4v) is 4.14. The molecule has 0 aliphatic heterocycles. The Morgan fingerprint density at radius 3 is 2.42 bits per heavy atom. The maximum absolute atomic E-state index is 11.3. The number of rotatable bonds is 8. The van der Waals surface area contributed by atoms with E-state index in [1.807, 2.05) is 12.1 Å². The van der Waals surface area contributed by atoms with Crippen molar-refractivity contribution < 1.29 is 19.4 Å². The molecular weight excluding hydrogens is 529 g/mol. The fourth-order valence-electron chi connectivity index (χ4n) is 2.83. The molecule has 0 radical (unpaired) electrons. The van der Waals surface area contributed by atoms with Crippen molar-refractivity contribution in [2.45, 2.75) is 13.2 Å². The molecule has 3 aromatic carbocycles. The third-order valence-corrected chi connectivity index (χ3v) is 6.03. The van der Waals surface area contributed by atoms with Gasteiger partial charge in [-0.05, 0) is 64.0 Å². The van der Waals surface area contributed by atoms with Gasteiger partial charge in [0.05, 0.1) is 22.2 Å². The molecule has 0 amide bonds. The highest BCUT2D eigenvalue weighted by Crippen LogP contribution is 2.38. The second-order valence-electron chi connectivity index (χ2n) is 6.45. The predicted octanol–water partition coefficient (Wildman–Crippen LogP) is 7.31. The van der Waals surface area contributed by atoms with E-state index < -0.39 is 5.97 Å². The van der Waals surface area contributed by atoms with Crippen LogP contribution in [0.25, 0.3) is 0 Å². The zero-order valence-corrected chi connectivity index (χ0v) is 20.1. The van der Waals surface area contributed by atoms with Crippen LogP contribution in [0.5, 0.6) is 11.5 Å². The van der Waals surface area contributed by atoms with Gasteiger partial charge in [0.15, 0.2) is 11.5 Å². The molecule has 3 rings (SSSR count). The number of nitrogens with one attached hydrogen (secondary N) is 1. The molecule has 0 unspecified atom stereocenters. The topological polar surface area (TPSA) is 67.8 Å². The Morgan fingerprint density at radius 1 is 1.06 bits per heavy atom. The van der Waals surface area contributed by atoms with E-state index in [1.165, 1.54) is 6.07 Å². The van der Waals surface area contributed by atoms with Crippen LogP contribution in [-0.2, 0) is 13.2 Å². The smallest absolute Gasteiger partial charge is 0.337 e. The monoisotopic (exact) mass is 543 g/mol. The fraction of sp³-hybridized carbons (Fsp3) is 0.136. The molecule has 0 saturated heterocycles. The SMILES string of the molecule is COc1cc(CNc2ccc(Cl)c(C(=O)O)c2)cc(Br)c1OCc1c(Cl)cccc1Cl. The third kappa shape index (κ3) is 5.77. The predicted molar refractivity (Wildman–Crippen MR) is 127 cm³/mol. The van der Waals surface area contributed by atoms with Gasteiger partial charge in [0.1, 0.15) is 6.61 Å². The molecule has 5 nitrogen and oxygen atoms in total. The second kappa shape index (κ2) is 10.5. The van der Waals surface area contributed by atoms with Crippen LogP contribution < -0.4 is 14.8 Å². The molecule has 0 heterocycles. The van der Waals surface area contributed by atoms with Crippen LogP contribution >= 0.6 is 50.7 Å². The zero-order chi connectivity index (χ0) is 22.5. The van der Waals surface area contributed by atoms with Gasteiger partial charge in [-0.15, -0.1) is 0 Å². The van der Waals surface area contributed by atoms with Gasteiger partial charge in [0.2, 0.25) is 0 Å². The standard InChI is InChI=1S/C22H17BrCl3NO4/c1-30-20-8-12(10-27-13-5-6-19(26)14(9-13)22(28)29)7-16(23)21(20)31-11-15-17(24)3-2-4-18(15)25/h2-9,27H,10-11H2,1H3,(H,28,29). The first-order valence-corrected chi connectivity index (χ1v) is 10.9. The first kappa shape index (κ1) is 23.5. The number of ether oxygens (including phenoxy) is 2. The van der Waals surface area contributed by atoms with Crippen LogP contribution in [-0.4, -0.2) is 18.2 Å². The summed E-state index contributed by atoms with van der Waals surface area (Å²) in [5.74, 6) is -0.0447. The van der Waals surface area contributed by atoms with Gasteiger partial charge in [-0.3, -0.25) is 0 Å². The van der Waals surface area contributed by atoms with Crippen LogP contribution in [0.4, 0.5) is 5.69 Å². The number of carboxylic acids is 1. The van der Waals surface area contributed by atoms with E-state index in [1.54, 1.807) is 37.4 Å². The molecular formula is C22H17BrCl3NO4. The molecule has 0 spiro atoms. The summed E-state index contributed by atoms with van der Waals surface area (Å²) in [5.41, 5.74) is 2.24. The van der Waals surface area contributed by atoms with Gasteiger partial charge in [-0.1, -0.05) is 40.9 Å². The van der Waals surface area contributed by atoms with Gasteiger partial charge in [-0.25, -0.2) is 4.79 Å². The molecule has 2 N–H and O–H groups in total. The summed E-state index contributed by atoms with van der Waals surface area (Å²) in [7, 11) is 1.55. The first-order valence-electron chi connectivity index (χ1n) is 8.99. The zero-order valence-electron chi connectivity index (χ0n) is 16.2. The lowest BCUT2D eigenvalue weighted by molar-refractivity contribution is 0.0697. The maximum Gasteiger partial charge on any atom is 0.337 e. The van der Waals surface area contributed by atoms with Gasteiger partial charge < -0.3 is 19.9 Å². The second-order valence-corrected chi connectivity index (χ2v) is 8.53. The van der Waals surface area contributed by atoms with Gasteiger partial charge >= 0.3 is 5.97 Å². The van der Waals surface area contributed by atoms with Crippen LogP contribution in [0.15, 0.2) is 53.0 Å².